The molecule has 0 saturated heterocycles. The lowest BCUT2D eigenvalue weighted by molar-refractivity contribution is 0.147. The Hall–Kier alpha value is -0.380. The monoisotopic (exact) mass is 271 g/mol. The lowest BCUT2D eigenvalue weighted by Crippen LogP contribution is -2.26. The number of hydrogen-bond acceptors (Lipinski definition) is 2. The Labute approximate surface area is 100 Å². The van der Waals surface area contributed by atoms with Gasteiger partial charge in [-0.2, -0.15) is 0 Å². The highest BCUT2D eigenvalue weighted by Gasteiger charge is 2.05. The number of nitrogens with zero attached hydrogens (tertiary/aromatic N) is 1. The molecule has 2 nitrogen and oxygen atoms in total. The van der Waals surface area contributed by atoms with Gasteiger partial charge in [-0.1, -0.05) is 41.1 Å². The Balaban J connectivity index is 2.54. The largest absolute Gasteiger partial charge is 0.383 e. The van der Waals surface area contributed by atoms with Crippen molar-refractivity contribution in [1.29, 1.82) is 0 Å². The molecular weight excluding hydrogens is 254 g/mol. The zero-order valence-electron chi connectivity index (χ0n) is 9.37. The Kier molecular flexibility index (Phi) is 5.91. The Bertz CT molecular complexity index is 291. The number of methoxy groups -OCH3 is 1. The van der Waals surface area contributed by atoms with Gasteiger partial charge in [0.2, 0.25) is 0 Å². The summed E-state index contributed by atoms with van der Waals surface area (Å²) in [6.45, 7) is 5.96. The Morgan fingerprint density at radius 2 is 2.07 bits per heavy atom. The first-order valence-corrected chi connectivity index (χ1v) is 6.02. The minimum atomic E-state index is 0.790. The quantitative estimate of drug-likeness (QED) is 0.789. The highest BCUT2D eigenvalue weighted by molar-refractivity contribution is 9.10. The molecule has 15 heavy (non-hydrogen) atoms. The van der Waals surface area contributed by atoms with Crippen LogP contribution in [0.15, 0.2) is 28.7 Å². The van der Waals surface area contributed by atoms with E-state index in [4.69, 9.17) is 4.74 Å². The number of ether oxygens (including phenoxy) is 1. The molecule has 84 valence electrons. The number of hydrogen-bond donors (Lipinski definition) is 0. The molecule has 0 aromatic heterocycles. The van der Waals surface area contributed by atoms with E-state index in [9.17, 15) is 0 Å². The molecule has 0 N–H and O–H groups in total. The summed E-state index contributed by atoms with van der Waals surface area (Å²) in [5, 5.41) is 0. The van der Waals surface area contributed by atoms with E-state index in [0.29, 0.717) is 0 Å². The van der Waals surface area contributed by atoms with Gasteiger partial charge in [-0.05, 0) is 18.2 Å². The summed E-state index contributed by atoms with van der Waals surface area (Å²) < 4.78 is 6.27. The molecule has 0 atom stereocenters. The van der Waals surface area contributed by atoms with Crippen LogP contribution in [-0.2, 0) is 11.3 Å². The van der Waals surface area contributed by atoms with E-state index in [1.807, 2.05) is 6.07 Å². The van der Waals surface area contributed by atoms with Crippen LogP contribution in [0.5, 0.6) is 0 Å². The average molecular weight is 272 g/mol. The molecule has 0 saturated carbocycles. The number of halogens is 1. The summed E-state index contributed by atoms with van der Waals surface area (Å²) in [6.07, 6.45) is 0. The minimum absolute atomic E-state index is 0.790. The fourth-order valence-corrected chi connectivity index (χ4v) is 1.85. The smallest absolute Gasteiger partial charge is 0.0589 e. The maximum Gasteiger partial charge on any atom is 0.0589 e. The van der Waals surface area contributed by atoms with Crippen molar-refractivity contribution in [1.82, 2.24) is 4.90 Å². The molecule has 0 heterocycles. The van der Waals surface area contributed by atoms with E-state index in [1.165, 1.54) is 10.0 Å². The van der Waals surface area contributed by atoms with Gasteiger partial charge in [0, 0.05) is 24.7 Å². The van der Waals surface area contributed by atoms with Gasteiger partial charge in [0.1, 0.15) is 0 Å². The van der Waals surface area contributed by atoms with Gasteiger partial charge in [-0.25, -0.2) is 0 Å². The van der Waals surface area contributed by atoms with Gasteiger partial charge in [0.05, 0.1) is 6.61 Å². The van der Waals surface area contributed by atoms with Crippen LogP contribution in [-0.4, -0.2) is 31.7 Å². The highest BCUT2D eigenvalue weighted by atomic mass is 79.9. The zero-order valence-corrected chi connectivity index (χ0v) is 11.0. The average Bonchev–Trinajstić information content (AvgIpc) is 2.26. The molecule has 1 rings (SSSR count). The van der Waals surface area contributed by atoms with Crippen LogP contribution in [0.2, 0.25) is 0 Å². The van der Waals surface area contributed by atoms with Crippen LogP contribution in [0.1, 0.15) is 12.5 Å². The summed E-state index contributed by atoms with van der Waals surface area (Å²) in [5.41, 5.74) is 1.33. The fraction of sp³-hybridized carbons (Fsp3) is 0.500. The minimum Gasteiger partial charge on any atom is -0.383 e. The van der Waals surface area contributed by atoms with Gasteiger partial charge in [-0.3, -0.25) is 4.90 Å². The first-order chi connectivity index (χ1) is 7.27. The molecule has 0 amide bonds. The number of likely N-dealkylation sites (N-methyl/N-ethyl adjacent to an activating group) is 1. The lowest BCUT2D eigenvalue weighted by Gasteiger charge is -2.20. The SMILES string of the molecule is CCN(CCOC)Cc1ccccc1Br. The number of rotatable bonds is 6. The molecule has 0 fully saturated rings. The summed E-state index contributed by atoms with van der Waals surface area (Å²) in [5.74, 6) is 0. The van der Waals surface area contributed by atoms with Crippen molar-refractivity contribution in [2.45, 2.75) is 13.5 Å². The number of benzene rings is 1. The van der Waals surface area contributed by atoms with Crippen molar-refractivity contribution in [3.8, 4) is 0 Å². The van der Waals surface area contributed by atoms with E-state index in [2.05, 4.69) is 46.0 Å². The topological polar surface area (TPSA) is 12.5 Å². The van der Waals surface area contributed by atoms with Crippen molar-refractivity contribution >= 4 is 15.9 Å². The molecule has 3 heteroatoms. The van der Waals surface area contributed by atoms with Crippen LogP contribution in [0.25, 0.3) is 0 Å². The van der Waals surface area contributed by atoms with Gasteiger partial charge in [0.25, 0.3) is 0 Å². The van der Waals surface area contributed by atoms with Crippen molar-refractivity contribution in [3.63, 3.8) is 0 Å². The third-order valence-corrected chi connectivity index (χ3v) is 3.18. The Morgan fingerprint density at radius 1 is 1.33 bits per heavy atom. The zero-order chi connectivity index (χ0) is 11.1. The maximum absolute atomic E-state index is 5.09. The van der Waals surface area contributed by atoms with E-state index >= 15 is 0 Å². The van der Waals surface area contributed by atoms with Gasteiger partial charge >= 0.3 is 0 Å². The van der Waals surface area contributed by atoms with Crippen molar-refractivity contribution in [2.24, 2.45) is 0 Å². The van der Waals surface area contributed by atoms with Crippen molar-refractivity contribution < 1.29 is 4.74 Å². The van der Waals surface area contributed by atoms with Crippen molar-refractivity contribution in [3.05, 3.63) is 34.3 Å². The van der Waals surface area contributed by atoms with Crippen LogP contribution in [0, 0.1) is 0 Å². The van der Waals surface area contributed by atoms with Crippen LogP contribution >= 0.6 is 15.9 Å². The van der Waals surface area contributed by atoms with Gasteiger partial charge in [0.15, 0.2) is 0 Å². The van der Waals surface area contributed by atoms with E-state index in [1.54, 1.807) is 7.11 Å². The highest BCUT2D eigenvalue weighted by Crippen LogP contribution is 2.17. The molecule has 0 unspecified atom stereocenters. The summed E-state index contributed by atoms with van der Waals surface area (Å²) in [4.78, 5) is 2.36. The molecular formula is C12H18BrNO. The lowest BCUT2D eigenvalue weighted by atomic mass is 10.2. The van der Waals surface area contributed by atoms with Gasteiger partial charge < -0.3 is 4.74 Å². The third-order valence-electron chi connectivity index (χ3n) is 2.41. The summed E-state index contributed by atoms with van der Waals surface area (Å²) in [7, 11) is 1.74. The third kappa shape index (κ3) is 4.33. The predicted octanol–water partition coefficient (Wildman–Crippen LogP) is 2.92. The maximum atomic E-state index is 5.09. The van der Waals surface area contributed by atoms with Crippen LogP contribution in [0.3, 0.4) is 0 Å². The molecule has 0 bridgehead atoms. The van der Waals surface area contributed by atoms with E-state index in [0.717, 1.165) is 26.2 Å². The first-order valence-electron chi connectivity index (χ1n) is 5.22. The summed E-state index contributed by atoms with van der Waals surface area (Å²) >= 11 is 3.56. The van der Waals surface area contributed by atoms with Crippen LogP contribution < -0.4 is 0 Å². The fourth-order valence-electron chi connectivity index (χ4n) is 1.44. The van der Waals surface area contributed by atoms with Crippen LogP contribution in [0.4, 0.5) is 0 Å². The van der Waals surface area contributed by atoms with Crippen molar-refractivity contribution in [2.75, 3.05) is 26.8 Å². The second kappa shape index (κ2) is 6.99. The molecule has 1 aromatic carbocycles. The van der Waals surface area contributed by atoms with E-state index in [-0.39, 0.29) is 0 Å². The summed E-state index contributed by atoms with van der Waals surface area (Å²) in [6, 6.07) is 8.35. The first kappa shape index (κ1) is 12.7. The molecule has 1 aromatic rings. The predicted molar refractivity (Wildman–Crippen MR) is 67.0 cm³/mol. The van der Waals surface area contributed by atoms with E-state index < -0.39 is 0 Å². The Morgan fingerprint density at radius 3 is 2.67 bits per heavy atom. The molecule has 0 aliphatic heterocycles. The molecule has 0 aliphatic carbocycles. The van der Waals surface area contributed by atoms with Gasteiger partial charge in [-0.15, -0.1) is 0 Å². The molecule has 0 spiro atoms. The standard InChI is InChI=1S/C12H18BrNO/c1-3-14(8-9-15-2)10-11-6-4-5-7-12(11)13/h4-7H,3,8-10H2,1-2H3. The molecule has 0 radical (unpaired) electrons. The normalized spacial score (nSPS) is 10.9. The molecule has 0 aliphatic rings. The second-order valence-electron chi connectivity index (χ2n) is 3.45. The second-order valence-corrected chi connectivity index (χ2v) is 4.31.